The molecule has 4 aliphatic rings. The molecule has 4 amide bonds. The molecule has 28 heteroatoms. The number of ether oxygens (including phenoxy) is 8. The molecule has 4 saturated heterocycles. The number of amides is 4. The molecule has 28 nitrogen and oxygen atoms in total. The Morgan fingerprint density at radius 2 is 0.575 bits per heavy atom. The van der Waals surface area contributed by atoms with E-state index in [4.69, 9.17) is 37.9 Å². The van der Waals surface area contributed by atoms with Crippen molar-refractivity contribution >= 4 is 23.6 Å². The number of carbonyl (C=O) groups excluding carboxylic acids is 4. The third kappa shape index (κ3) is 23.3. The van der Waals surface area contributed by atoms with Crippen LogP contribution in [-0.2, 0) is 57.1 Å². The first-order valence-electron chi connectivity index (χ1n) is 28.3. The van der Waals surface area contributed by atoms with Crippen LogP contribution in [0.1, 0.15) is 119 Å². The van der Waals surface area contributed by atoms with Crippen molar-refractivity contribution in [2.45, 2.75) is 241 Å². The van der Waals surface area contributed by atoms with Gasteiger partial charge < -0.3 is 120 Å². The fourth-order valence-corrected chi connectivity index (χ4v) is 9.16. The number of hydrogen-bond acceptors (Lipinski definition) is 24. The molecular weight excluding hydrogens is 1060 g/mol. The summed E-state index contributed by atoms with van der Waals surface area (Å²) in [6, 6.07) is 0. The van der Waals surface area contributed by atoms with Gasteiger partial charge in [-0.1, -0.05) is 0 Å². The lowest BCUT2D eigenvalue weighted by molar-refractivity contribution is -0.293. The Morgan fingerprint density at radius 1 is 0.350 bits per heavy atom. The zero-order chi connectivity index (χ0) is 59.6. The van der Waals surface area contributed by atoms with Gasteiger partial charge in [-0.3, -0.25) is 19.2 Å². The molecule has 4 heterocycles. The molecule has 0 aliphatic carbocycles. The van der Waals surface area contributed by atoms with E-state index in [-0.39, 0.29) is 62.9 Å². The highest BCUT2D eigenvalue weighted by molar-refractivity contribution is 5.78. The van der Waals surface area contributed by atoms with E-state index in [0.29, 0.717) is 103 Å². The Kier molecular flexibility index (Phi) is 33.4. The van der Waals surface area contributed by atoms with Crippen LogP contribution < -0.4 is 10.6 Å². The van der Waals surface area contributed by atoms with Gasteiger partial charge in [0.25, 0.3) is 0 Å². The summed E-state index contributed by atoms with van der Waals surface area (Å²) in [6.45, 7) is 12.8. The van der Waals surface area contributed by atoms with E-state index in [1.165, 1.54) is 0 Å². The van der Waals surface area contributed by atoms with E-state index in [9.17, 15) is 80.5 Å². The Hall–Kier alpha value is -2.92. The van der Waals surface area contributed by atoms with Gasteiger partial charge in [0.05, 0.1) is 50.8 Å². The summed E-state index contributed by atoms with van der Waals surface area (Å²) < 4.78 is 44.0. The standard InChI is InChI=1S/2C26H48N2O12/c2*1-4-27-17(29)9-5-6-10-18(30)28(11-7-13-37-25-23(35)21(33)19(31)15(2)39-25)12-8-14-38-26-24(36)22(34)20(32)16(3)40-26/h2*15-16,19-26,31-36H,4-14H2,1-3H3,(H,27,29)/t2*15-,16-,19+,20+,21+,22+,23-,24-,25+,26+/m00/s1. The second kappa shape index (κ2) is 37.4. The van der Waals surface area contributed by atoms with Crippen LogP contribution in [0.15, 0.2) is 0 Å². The first-order chi connectivity index (χ1) is 37.9. The Bertz CT molecular complexity index is 1560. The number of aliphatic hydroxyl groups is 12. The average molecular weight is 1160 g/mol. The van der Waals surface area contributed by atoms with Gasteiger partial charge in [-0.2, -0.15) is 0 Å². The minimum atomic E-state index is -1.41. The van der Waals surface area contributed by atoms with E-state index < -0.39 is 123 Å². The zero-order valence-electron chi connectivity index (χ0n) is 47.3. The molecule has 0 spiro atoms. The third-order valence-electron chi connectivity index (χ3n) is 14.2. The van der Waals surface area contributed by atoms with Gasteiger partial charge in [0.1, 0.15) is 73.2 Å². The second-order valence-corrected chi connectivity index (χ2v) is 20.7. The number of unbranched alkanes of at least 4 members (excludes halogenated alkanes) is 2. The van der Waals surface area contributed by atoms with Crippen LogP contribution in [0.2, 0.25) is 0 Å². The van der Waals surface area contributed by atoms with Crippen LogP contribution >= 0.6 is 0 Å². The monoisotopic (exact) mass is 1160 g/mol. The molecule has 0 aromatic rings. The molecule has 14 N–H and O–H groups in total. The molecule has 80 heavy (non-hydrogen) atoms. The maximum atomic E-state index is 12.9. The van der Waals surface area contributed by atoms with Crippen LogP contribution in [-0.4, -0.2) is 283 Å². The Labute approximate surface area is 468 Å². The Balaban J connectivity index is 0.000000420. The summed E-state index contributed by atoms with van der Waals surface area (Å²) in [7, 11) is 0. The van der Waals surface area contributed by atoms with Gasteiger partial charge in [0.15, 0.2) is 25.2 Å². The van der Waals surface area contributed by atoms with Crippen LogP contribution in [0.5, 0.6) is 0 Å². The molecular formula is C52H96N4O24. The lowest BCUT2D eigenvalue weighted by Gasteiger charge is -2.39. The minimum absolute atomic E-state index is 0.0562. The summed E-state index contributed by atoms with van der Waals surface area (Å²) in [5, 5.41) is 125. The number of aliphatic hydroxyl groups excluding tert-OH is 12. The molecule has 4 fully saturated rings. The SMILES string of the molecule is CCNC(=O)CCCCC(=O)N(CCCO[C@@H]1O[C@@H](C)[C@@H](O)[C@@H](O)[C@@H]1O)CCCO[C@@H]1O[C@@H](C)[C@@H](O)[C@@H](O)[C@@H]1O.CCNC(=O)CCCCC(=O)N(CCCO[C@@H]1O[C@@H](C)[C@@H](O)[C@@H](O)[C@@H]1O)CCCO[C@@H]1O[C@@H](C)[C@@H](O)[C@@H](O)[C@@H]1O. The molecule has 0 radical (unpaired) electrons. The average Bonchev–Trinajstić information content (AvgIpc) is 3.43. The van der Waals surface area contributed by atoms with Crippen molar-refractivity contribution in [1.82, 2.24) is 20.4 Å². The predicted octanol–water partition coefficient (Wildman–Crippen LogP) is -4.04. The zero-order valence-corrected chi connectivity index (χ0v) is 47.3. The Morgan fingerprint density at radius 3 is 0.800 bits per heavy atom. The maximum Gasteiger partial charge on any atom is 0.222 e. The summed E-state index contributed by atoms with van der Waals surface area (Å²) in [6.07, 6.45) is -18.5. The molecule has 4 rings (SSSR count). The van der Waals surface area contributed by atoms with E-state index >= 15 is 0 Å². The molecule has 0 aromatic carbocycles. The maximum absolute atomic E-state index is 12.9. The first-order valence-corrected chi connectivity index (χ1v) is 28.3. The quantitative estimate of drug-likeness (QED) is 0.0285. The minimum Gasteiger partial charge on any atom is -0.388 e. The summed E-state index contributed by atoms with van der Waals surface area (Å²) in [5.74, 6) is -0.338. The number of carbonyl (C=O) groups is 4. The van der Waals surface area contributed by atoms with Crippen molar-refractivity contribution in [2.24, 2.45) is 0 Å². The second-order valence-electron chi connectivity index (χ2n) is 20.7. The fourth-order valence-electron chi connectivity index (χ4n) is 9.16. The van der Waals surface area contributed by atoms with Crippen molar-refractivity contribution in [3.8, 4) is 0 Å². The molecule has 468 valence electrons. The molecule has 0 bridgehead atoms. The van der Waals surface area contributed by atoms with Crippen molar-refractivity contribution in [1.29, 1.82) is 0 Å². The van der Waals surface area contributed by atoms with E-state index in [0.717, 1.165) is 0 Å². The van der Waals surface area contributed by atoms with Crippen LogP contribution in [0, 0.1) is 0 Å². The number of rotatable bonds is 32. The van der Waals surface area contributed by atoms with Crippen molar-refractivity contribution < 1.29 is 118 Å². The normalized spacial score (nSPS) is 34.4. The number of nitrogens with zero attached hydrogens (tertiary/aromatic N) is 2. The van der Waals surface area contributed by atoms with Gasteiger partial charge in [0.2, 0.25) is 23.6 Å². The molecule has 20 atom stereocenters. The van der Waals surface area contributed by atoms with Crippen molar-refractivity contribution in [3.05, 3.63) is 0 Å². The highest BCUT2D eigenvalue weighted by Crippen LogP contribution is 2.26. The lowest BCUT2D eigenvalue weighted by Crippen LogP contribution is -2.57. The van der Waals surface area contributed by atoms with Crippen molar-refractivity contribution in [3.63, 3.8) is 0 Å². The number of hydrogen-bond donors (Lipinski definition) is 14. The largest absolute Gasteiger partial charge is 0.388 e. The van der Waals surface area contributed by atoms with Gasteiger partial charge >= 0.3 is 0 Å². The first kappa shape index (κ1) is 71.3. The molecule has 0 aromatic heterocycles. The van der Waals surface area contributed by atoms with Crippen LogP contribution in [0.3, 0.4) is 0 Å². The molecule has 0 saturated carbocycles. The highest BCUT2D eigenvalue weighted by Gasteiger charge is 2.45. The number of nitrogens with one attached hydrogen (secondary N) is 2. The smallest absolute Gasteiger partial charge is 0.222 e. The van der Waals surface area contributed by atoms with Crippen molar-refractivity contribution in [2.75, 3.05) is 65.7 Å². The summed E-state index contributed by atoms with van der Waals surface area (Å²) >= 11 is 0. The topological polar surface area (TPSA) is 415 Å². The molecule has 0 unspecified atom stereocenters. The van der Waals surface area contributed by atoms with E-state index in [1.807, 2.05) is 13.8 Å². The van der Waals surface area contributed by atoms with Gasteiger partial charge in [-0.05, 0) is 92.9 Å². The van der Waals surface area contributed by atoms with E-state index in [2.05, 4.69) is 10.6 Å². The fraction of sp³-hybridized carbons (Fsp3) is 0.923. The van der Waals surface area contributed by atoms with Gasteiger partial charge in [-0.15, -0.1) is 0 Å². The van der Waals surface area contributed by atoms with E-state index in [1.54, 1.807) is 37.5 Å². The summed E-state index contributed by atoms with van der Waals surface area (Å²) in [5.41, 5.74) is 0. The predicted molar refractivity (Wildman–Crippen MR) is 279 cm³/mol. The van der Waals surface area contributed by atoms with Crippen LogP contribution in [0.4, 0.5) is 0 Å². The van der Waals surface area contributed by atoms with Crippen LogP contribution in [0.25, 0.3) is 0 Å². The van der Waals surface area contributed by atoms with Gasteiger partial charge in [-0.25, -0.2) is 0 Å². The third-order valence-corrected chi connectivity index (χ3v) is 14.2. The molecule has 4 aliphatic heterocycles. The highest BCUT2D eigenvalue weighted by atomic mass is 16.7. The lowest BCUT2D eigenvalue weighted by atomic mass is 10.0. The van der Waals surface area contributed by atoms with Gasteiger partial charge in [0, 0.05) is 65.0 Å². The summed E-state index contributed by atoms with van der Waals surface area (Å²) in [4.78, 5) is 52.5.